The normalized spacial score (nSPS) is 11.5. The molecule has 3 aromatic rings. The van der Waals surface area contributed by atoms with E-state index in [0.717, 1.165) is 11.4 Å². The summed E-state index contributed by atoms with van der Waals surface area (Å²) in [4.78, 5) is 24.3. The fourth-order valence-electron chi connectivity index (χ4n) is 2.26. The van der Waals surface area contributed by atoms with Gasteiger partial charge in [-0.15, -0.1) is 10.2 Å². The van der Waals surface area contributed by atoms with Crippen molar-refractivity contribution in [1.29, 1.82) is 0 Å². The molecule has 2 aromatic heterocycles. The summed E-state index contributed by atoms with van der Waals surface area (Å²) < 4.78 is 5.41. The molecule has 1 N–H and O–H groups in total. The maximum absolute atomic E-state index is 12.3. The van der Waals surface area contributed by atoms with Gasteiger partial charge in [-0.25, -0.2) is 0 Å². The molecular weight excluding hydrogens is 338 g/mol. The zero-order valence-electron chi connectivity index (χ0n) is 13.9. The van der Waals surface area contributed by atoms with Crippen molar-refractivity contribution in [2.24, 2.45) is 5.92 Å². The second-order valence-electron chi connectivity index (χ2n) is 5.94. The van der Waals surface area contributed by atoms with Crippen LogP contribution in [0.3, 0.4) is 0 Å². The topological polar surface area (TPSA) is 85.1 Å². The SMILES string of the molecule is CC(C)Cc1nnc(NC(=O)/C=C/c2coc3ccccc3c2=O)s1. The highest BCUT2D eigenvalue weighted by Crippen LogP contribution is 2.18. The Balaban J connectivity index is 1.71. The Morgan fingerprint density at radius 2 is 2.12 bits per heavy atom. The van der Waals surface area contributed by atoms with Crippen molar-refractivity contribution in [3.63, 3.8) is 0 Å². The van der Waals surface area contributed by atoms with Crippen LogP contribution in [-0.2, 0) is 11.2 Å². The number of benzene rings is 1. The molecule has 1 amide bonds. The van der Waals surface area contributed by atoms with E-state index in [1.54, 1.807) is 24.3 Å². The summed E-state index contributed by atoms with van der Waals surface area (Å²) >= 11 is 1.35. The third kappa shape index (κ3) is 4.19. The highest BCUT2D eigenvalue weighted by molar-refractivity contribution is 7.15. The molecule has 0 aliphatic carbocycles. The lowest BCUT2D eigenvalue weighted by Gasteiger charge is -1.98. The number of nitrogens with zero attached hydrogens (tertiary/aromatic N) is 2. The fourth-order valence-corrected chi connectivity index (χ4v) is 3.21. The maximum atomic E-state index is 12.3. The highest BCUT2D eigenvalue weighted by atomic mass is 32.1. The number of nitrogens with one attached hydrogen (secondary N) is 1. The summed E-state index contributed by atoms with van der Waals surface area (Å²) in [6.45, 7) is 4.19. The first kappa shape index (κ1) is 17.0. The Hall–Kier alpha value is -2.80. The summed E-state index contributed by atoms with van der Waals surface area (Å²) in [7, 11) is 0. The van der Waals surface area contributed by atoms with Crippen LogP contribution in [0, 0.1) is 5.92 Å². The van der Waals surface area contributed by atoms with E-state index in [4.69, 9.17) is 4.42 Å². The van der Waals surface area contributed by atoms with E-state index < -0.39 is 0 Å². The molecule has 2 heterocycles. The van der Waals surface area contributed by atoms with E-state index in [1.807, 2.05) is 0 Å². The van der Waals surface area contributed by atoms with Gasteiger partial charge in [-0.2, -0.15) is 0 Å². The third-order valence-corrected chi connectivity index (χ3v) is 4.26. The van der Waals surface area contributed by atoms with E-state index in [1.165, 1.54) is 29.8 Å². The predicted molar refractivity (Wildman–Crippen MR) is 98.6 cm³/mol. The average molecular weight is 355 g/mol. The van der Waals surface area contributed by atoms with Crippen LogP contribution in [-0.4, -0.2) is 16.1 Å². The highest BCUT2D eigenvalue weighted by Gasteiger charge is 2.08. The molecule has 6 nitrogen and oxygen atoms in total. The van der Waals surface area contributed by atoms with E-state index in [-0.39, 0.29) is 11.3 Å². The summed E-state index contributed by atoms with van der Waals surface area (Å²) in [6.07, 6.45) is 4.88. The molecule has 0 radical (unpaired) electrons. The van der Waals surface area contributed by atoms with Crippen LogP contribution in [0.15, 0.2) is 45.8 Å². The molecule has 7 heteroatoms. The van der Waals surface area contributed by atoms with Crippen molar-refractivity contribution in [1.82, 2.24) is 10.2 Å². The summed E-state index contributed by atoms with van der Waals surface area (Å²) in [6, 6.07) is 6.98. The van der Waals surface area contributed by atoms with Gasteiger partial charge in [0.2, 0.25) is 11.0 Å². The summed E-state index contributed by atoms with van der Waals surface area (Å²) in [5.74, 6) is 0.100. The zero-order valence-corrected chi connectivity index (χ0v) is 14.7. The van der Waals surface area contributed by atoms with Gasteiger partial charge in [0.1, 0.15) is 16.9 Å². The number of para-hydroxylation sites is 1. The number of carbonyl (C=O) groups excluding carboxylic acids is 1. The second kappa shape index (κ2) is 7.40. The van der Waals surface area contributed by atoms with E-state index in [9.17, 15) is 9.59 Å². The van der Waals surface area contributed by atoms with Gasteiger partial charge in [0.05, 0.1) is 10.9 Å². The molecule has 0 unspecified atom stereocenters. The molecule has 0 spiro atoms. The minimum Gasteiger partial charge on any atom is -0.463 e. The average Bonchev–Trinajstić information content (AvgIpc) is 3.00. The Kier molecular flexibility index (Phi) is 5.04. The number of anilines is 1. The first-order chi connectivity index (χ1) is 12.0. The number of fused-ring (bicyclic) bond motifs is 1. The molecule has 0 saturated carbocycles. The van der Waals surface area contributed by atoms with Crippen LogP contribution in [0.5, 0.6) is 0 Å². The van der Waals surface area contributed by atoms with Gasteiger partial charge < -0.3 is 4.42 Å². The minimum atomic E-state index is -0.375. The summed E-state index contributed by atoms with van der Waals surface area (Å²) in [5.41, 5.74) is 0.647. The van der Waals surface area contributed by atoms with E-state index in [2.05, 4.69) is 29.4 Å². The number of hydrogen-bond acceptors (Lipinski definition) is 6. The molecule has 1 aromatic carbocycles. The van der Waals surface area contributed by atoms with Gasteiger partial charge in [-0.1, -0.05) is 37.3 Å². The quantitative estimate of drug-likeness (QED) is 0.708. The van der Waals surface area contributed by atoms with Gasteiger partial charge in [-0.05, 0) is 24.1 Å². The van der Waals surface area contributed by atoms with Crippen LogP contribution in [0.4, 0.5) is 5.13 Å². The minimum absolute atomic E-state index is 0.180. The zero-order chi connectivity index (χ0) is 17.8. The van der Waals surface area contributed by atoms with E-state index >= 15 is 0 Å². The molecular formula is C18H17N3O3S. The first-order valence-electron chi connectivity index (χ1n) is 7.85. The molecule has 0 fully saturated rings. The fraction of sp³-hybridized carbons (Fsp3) is 0.222. The number of hydrogen-bond donors (Lipinski definition) is 1. The molecule has 128 valence electrons. The van der Waals surface area contributed by atoms with Crippen LogP contribution < -0.4 is 10.7 Å². The van der Waals surface area contributed by atoms with Gasteiger partial charge >= 0.3 is 0 Å². The van der Waals surface area contributed by atoms with E-state index in [0.29, 0.717) is 27.6 Å². The number of aromatic nitrogens is 2. The Morgan fingerprint density at radius 1 is 1.32 bits per heavy atom. The Bertz CT molecular complexity index is 988. The third-order valence-electron chi connectivity index (χ3n) is 3.40. The Labute approximate surface area is 148 Å². The molecule has 0 atom stereocenters. The lowest BCUT2D eigenvalue weighted by Crippen LogP contribution is -2.09. The van der Waals surface area contributed by atoms with Gasteiger partial charge in [0.25, 0.3) is 0 Å². The van der Waals surface area contributed by atoms with Gasteiger partial charge in [0, 0.05) is 12.5 Å². The monoisotopic (exact) mass is 355 g/mol. The number of rotatable bonds is 5. The van der Waals surface area contributed by atoms with Crippen LogP contribution in [0.25, 0.3) is 17.0 Å². The predicted octanol–water partition coefficient (Wildman–Crippen LogP) is 3.49. The number of amides is 1. The van der Waals surface area contributed by atoms with Crippen molar-refractivity contribution in [3.8, 4) is 0 Å². The molecule has 0 aliphatic rings. The maximum Gasteiger partial charge on any atom is 0.250 e. The molecule has 3 rings (SSSR count). The van der Waals surface area contributed by atoms with Crippen molar-refractivity contribution >= 4 is 39.4 Å². The van der Waals surface area contributed by atoms with Crippen LogP contribution in [0.1, 0.15) is 24.4 Å². The standard InChI is InChI=1S/C18H17N3O3S/c1-11(2)9-16-20-21-18(25-16)19-15(22)8-7-12-10-24-14-6-4-3-5-13(14)17(12)23/h3-8,10-11H,9H2,1-2H3,(H,19,21,22)/b8-7+. The Morgan fingerprint density at radius 3 is 2.92 bits per heavy atom. The molecule has 0 aliphatic heterocycles. The van der Waals surface area contributed by atoms with Crippen LogP contribution in [0.2, 0.25) is 0 Å². The van der Waals surface area contributed by atoms with Crippen LogP contribution >= 0.6 is 11.3 Å². The van der Waals surface area contributed by atoms with Crippen molar-refractivity contribution in [3.05, 3.63) is 57.4 Å². The van der Waals surface area contributed by atoms with Crippen molar-refractivity contribution < 1.29 is 9.21 Å². The molecule has 0 bridgehead atoms. The lowest BCUT2D eigenvalue weighted by molar-refractivity contribution is -0.111. The second-order valence-corrected chi connectivity index (χ2v) is 7.00. The first-order valence-corrected chi connectivity index (χ1v) is 8.66. The largest absolute Gasteiger partial charge is 0.463 e. The van der Waals surface area contributed by atoms with Gasteiger partial charge in [-0.3, -0.25) is 14.9 Å². The smallest absolute Gasteiger partial charge is 0.250 e. The summed E-state index contributed by atoms with van der Waals surface area (Å²) in [5, 5.41) is 12.4. The van der Waals surface area contributed by atoms with Gasteiger partial charge in [0.15, 0.2) is 5.43 Å². The van der Waals surface area contributed by atoms with Crippen molar-refractivity contribution in [2.75, 3.05) is 5.32 Å². The molecule has 0 saturated heterocycles. The lowest BCUT2D eigenvalue weighted by atomic mass is 10.1. The number of carbonyl (C=O) groups is 1. The molecule has 25 heavy (non-hydrogen) atoms. The van der Waals surface area contributed by atoms with Crippen molar-refractivity contribution in [2.45, 2.75) is 20.3 Å².